The van der Waals surface area contributed by atoms with E-state index in [0.717, 1.165) is 17.1 Å². The van der Waals surface area contributed by atoms with E-state index in [1.165, 1.54) is 0 Å². The number of nitrogens with one attached hydrogen (secondary N) is 1. The molecule has 0 amide bonds. The molecule has 102 valence electrons. The second-order valence-corrected chi connectivity index (χ2v) is 4.95. The first kappa shape index (κ1) is 14.8. The van der Waals surface area contributed by atoms with Crippen LogP contribution < -0.4 is 14.8 Å². The molecule has 0 fully saturated rings. The van der Waals surface area contributed by atoms with Crippen molar-refractivity contribution in [3.05, 3.63) is 23.8 Å². The number of hydrogen-bond acceptors (Lipinski definition) is 3. The maximum Gasteiger partial charge on any atom is 0.128 e. The highest BCUT2D eigenvalue weighted by molar-refractivity contribution is 5.46. The molecule has 1 aromatic rings. The minimum Gasteiger partial charge on any atom is -0.496 e. The minimum atomic E-state index is 0.180. The van der Waals surface area contributed by atoms with Crippen LogP contribution in [0.2, 0.25) is 0 Å². The van der Waals surface area contributed by atoms with Crippen LogP contribution in [0, 0.1) is 5.92 Å². The first-order valence-corrected chi connectivity index (χ1v) is 6.52. The Hall–Kier alpha value is -1.22. The Labute approximate surface area is 110 Å². The molecule has 0 aliphatic carbocycles. The van der Waals surface area contributed by atoms with Gasteiger partial charge in [0.05, 0.1) is 18.8 Å². The fourth-order valence-corrected chi connectivity index (χ4v) is 1.71. The summed E-state index contributed by atoms with van der Waals surface area (Å²) in [6.45, 7) is 8.51. The van der Waals surface area contributed by atoms with Crippen LogP contribution in [0.4, 0.5) is 0 Å². The molecule has 0 heterocycles. The van der Waals surface area contributed by atoms with Gasteiger partial charge in [-0.25, -0.2) is 0 Å². The maximum absolute atomic E-state index is 6.05. The second-order valence-electron chi connectivity index (χ2n) is 4.95. The SMILES string of the molecule is CNC(C)c1c(OC)cccc1OC(C)C(C)C. The van der Waals surface area contributed by atoms with Crippen molar-refractivity contribution in [2.75, 3.05) is 14.2 Å². The summed E-state index contributed by atoms with van der Waals surface area (Å²) < 4.78 is 11.5. The molecular formula is C15H25NO2. The summed E-state index contributed by atoms with van der Waals surface area (Å²) in [7, 11) is 3.63. The van der Waals surface area contributed by atoms with Crippen molar-refractivity contribution >= 4 is 0 Å². The predicted octanol–water partition coefficient (Wildman–Crippen LogP) is 3.40. The average molecular weight is 251 g/mol. The first-order valence-electron chi connectivity index (χ1n) is 6.52. The fraction of sp³-hybridized carbons (Fsp3) is 0.600. The highest BCUT2D eigenvalue weighted by atomic mass is 16.5. The molecule has 0 spiro atoms. The van der Waals surface area contributed by atoms with Gasteiger partial charge < -0.3 is 14.8 Å². The fourth-order valence-electron chi connectivity index (χ4n) is 1.71. The zero-order chi connectivity index (χ0) is 13.7. The molecule has 2 unspecified atom stereocenters. The van der Waals surface area contributed by atoms with Crippen LogP contribution in [0.1, 0.15) is 39.3 Å². The third-order valence-electron chi connectivity index (χ3n) is 3.36. The maximum atomic E-state index is 6.05. The van der Waals surface area contributed by atoms with Crippen LogP contribution in [0.25, 0.3) is 0 Å². The highest BCUT2D eigenvalue weighted by Gasteiger charge is 2.18. The quantitative estimate of drug-likeness (QED) is 0.840. The lowest BCUT2D eigenvalue weighted by Crippen LogP contribution is -2.21. The van der Waals surface area contributed by atoms with E-state index in [9.17, 15) is 0 Å². The number of hydrogen-bond donors (Lipinski definition) is 1. The van der Waals surface area contributed by atoms with Gasteiger partial charge in [-0.05, 0) is 38.9 Å². The third-order valence-corrected chi connectivity index (χ3v) is 3.36. The van der Waals surface area contributed by atoms with Gasteiger partial charge in [-0.3, -0.25) is 0 Å². The number of rotatable bonds is 6. The molecule has 1 N–H and O–H groups in total. The van der Waals surface area contributed by atoms with Crippen molar-refractivity contribution in [1.82, 2.24) is 5.32 Å². The van der Waals surface area contributed by atoms with Gasteiger partial charge in [-0.1, -0.05) is 19.9 Å². The Morgan fingerprint density at radius 1 is 1.06 bits per heavy atom. The first-order chi connectivity index (χ1) is 8.51. The molecule has 3 nitrogen and oxygen atoms in total. The van der Waals surface area contributed by atoms with Crippen LogP contribution in [0.15, 0.2) is 18.2 Å². The number of benzene rings is 1. The van der Waals surface area contributed by atoms with Gasteiger partial charge in [0.15, 0.2) is 0 Å². The zero-order valence-electron chi connectivity index (χ0n) is 12.3. The van der Waals surface area contributed by atoms with Crippen LogP contribution in [0.3, 0.4) is 0 Å². The summed E-state index contributed by atoms with van der Waals surface area (Å²) >= 11 is 0. The van der Waals surface area contributed by atoms with Crippen molar-refractivity contribution in [2.24, 2.45) is 5.92 Å². The molecule has 2 atom stereocenters. The Bertz CT molecular complexity index is 377. The molecule has 0 aliphatic rings. The molecule has 0 saturated heterocycles. The molecule has 0 saturated carbocycles. The zero-order valence-corrected chi connectivity index (χ0v) is 12.3. The van der Waals surface area contributed by atoms with Gasteiger partial charge in [-0.2, -0.15) is 0 Å². The van der Waals surface area contributed by atoms with Crippen LogP contribution in [-0.2, 0) is 0 Å². The Balaban J connectivity index is 3.10. The Morgan fingerprint density at radius 2 is 1.67 bits per heavy atom. The van der Waals surface area contributed by atoms with E-state index >= 15 is 0 Å². The average Bonchev–Trinajstić information content (AvgIpc) is 2.37. The van der Waals surface area contributed by atoms with Gasteiger partial charge >= 0.3 is 0 Å². The van der Waals surface area contributed by atoms with Crippen molar-refractivity contribution in [3.63, 3.8) is 0 Å². The van der Waals surface area contributed by atoms with Crippen molar-refractivity contribution < 1.29 is 9.47 Å². The molecule has 0 aromatic heterocycles. The smallest absolute Gasteiger partial charge is 0.128 e. The highest BCUT2D eigenvalue weighted by Crippen LogP contribution is 2.34. The summed E-state index contributed by atoms with van der Waals surface area (Å²) in [6, 6.07) is 6.13. The molecule has 0 radical (unpaired) electrons. The van der Waals surface area contributed by atoms with E-state index in [0.29, 0.717) is 5.92 Å². The van der Waals surface area contributed by atoms with Gasteiger partial charge in [0, 0.05) is 6.04 Å². The second kappa shape index (κ2) is 6.64. The van der Waals surface area contributed by atoms with Gasteiger partial charge in [0.25, 0.3) is 0 Å². The molecule has 18 heavy (non-hydrogen) atoms. The van der Waals surface area contributed by atoms with E-state index in [2.05, 4.69) is 33.0 Å². The predicted molar refractivity (Wildman–Crippen MR) is 75.4 cm³/mol. The van der Waals surface area contributed by atoms with E-state index < -0.39 is 0 Å². The van der Waals surface area contributed by atoms with E-state index in [1.54, 1.807) is 7.11 Å². The summed E-state index contributed by atoms with van der Waals surface area (Å²) in [4.78, 5) is 0. The molecule has 1 aromatic carbocycles. The topological polar surface area (TPSA) is 30.5 Å². The lowest BCUT2D eigenvalue weighted by molar-refractivity contribution is 0.167. The summed E-state index contributed by atoms with van der Waals surface area (Å²) in [5.74, 6) is 2.25. The Kier molecular flexibility index (Phi) is 5.48. The van der Waals surface area contributed by atoms with Crippen molar-refractivity contribution in [2.45, 2.75) is 39.8 Å². The minimum absolute atomic E-state index is 0.180. The van der Waals surface area contributed by atoms with Crippen LogP contribution in [-0.4, -0.2) is 20.3 Å². The summed E-state index contributed by atoms with van der Waals surface area (Å²) in [5, 5.41) is 3.24. The number of ether oxygens (including phenoxy) is 2. The van der Waals surface area contributed by atoms with E-state index in [-0.39, 0.29) is 12.1 Å². The largest absolute Gasteiger partial charge is 0.496 e. The lowest BCUT2D eigenvalue weighted by Gasteiger charge is -2.24. The number of methoxy groups -OCH3 is 1. The lowest BCUT2D eigenvalue weighted by atomic mass is 10.0. The summed E-state index contributed by atoms with van der Waals surface area (Å²) in [6.07, 6.45) is 0.180. The van der Waals surface area contributed by atoms with E-state index in [4.69, 9.17) is 9.47 Å². The Morgan fingerprint density at radius 3 is 2.17 bits per heavy atom. The van der Waals surface area contributed by atoms with Crippen LogP contribution in [0.5, 0.6) is 11.5 Å². The molecule has 3 heteroatoms. The summed E-state index contributed by atoms with van der Waals surface area (Å²) in [5.41, 5.74) is 1.08. The van der Waals surface area contributed by atoms with E-state index in [1.807, 2.05) is 25.2 Å². The molecule has 1 rings (SSSR count). The molecule has 0 bridgehead atoms. The van der Waals surface area contributed by atoms with Gasteiger partial charge in [0.1, 0.15) is 11.5 Å². The van der Waals surface area contributed by atoms with Crippen LogP contribution >= 0.6 is 0 Å². The normalized spacial score (nSPS) is 14.4. The molecule has 0 aliphatic heterocycles. The van der Waals surface area contributed by atoms with Gasteiger partial charge in [0.2, 0.25) is 0 Å². The standard InChI is InChI=1S/C15H25NO2/c1-10(2)12(4)18-14-9-7-8-13(17-6)15(14)11(3)16-5/h7-12,16H,1-6H3. The monoisotopic (exact) mass is 251 g/mol. The van der Waals surface area contributed by atoms with Crippen molar-refractivity contribution in [3.8, 4) is 11.5 Å². The third kappa shape index (κ3) is 3.39. The van der Waals surface area contributed by atoms with Crippen molar-refractivity contribution in [1.29, 1.82) is 0 Å². The van der Waals surface area contributed by atoms with Gasteiger partial charge in [-0.15, -0.1) is 0 Å². The molecular weight excluding hydrogens is 226 g/mol.